The van der Waals surface area contributed by atoms with E-state index in [1.807, 2.05) is 6.92 Å². The van der Waals surface area contributed by atoms with Crippen LogP contribution in [0.4, 0.5) is 4.79 Å². The van der Waals surface area contributed by atoms with Crippen LogP contribution in [-0.2, 0) is 4.74 Å². The molecule has 2 amide bonds. The number of carbonyl (C=O) groups excluding carboxylic acids is 1. The van der Waals surface area contributed by atoms with Crippen molar-refractivity contribution in [2.24, 2.45) is 11.7 Å². The van der Waals surface area contributed by atoms with E-state index in [0.29, 0.717) is 6.67 Å². The van der Waals surface area contributed by atoms with Gasteiger partial charge in [-0.2, -0.15) is 0 Å². The molecule has 1 atom stereocenters. The monoisotopic (exact) mass is 400 g/mol. The summed E-state index contributed by atoms with van der Waals surface area (Å²) in [6.07, 6.45) is 1.90. The quantitative estimate of drug-likeness (QED) is 0.464. The van der Waals surface area contributed by atoms with Gasteiger partial charge in [-0.15, -0.1) is 24.0 Å². The molecule has 1 heterocycles. The van der Waals surface area contributed by atoms with Crippen LogP contribution in [0.25, 0.3) is 0 Å². The van der Waals surface area contributed by atoms with Gasteiger partial charge >= 0.3 is 6.03 Å². The Morgan fingerprint density at radius 1 is 1.35 bits per heavy atom. The van der Waals surface area contributed by atoms with Crippen molar-refractivity contribution in [1.29, 1.82) is 0 Å². The van der Waals surface area contributed by atoms with Crippen molar-refractivity contribution in [1.82, 2.24) is 15.5 Å². The van der Waals surface area contributed by atoms with Crippen LogP contribution in [0.1, 0.15) is 33.6 Å². The summed E-state index contributed by atoms with van der Waals surface area (Å²) in [7, 11) is 0. The fraction of sp³-hybridized carbons (Fsp3) is 0.923. The SMILES string of the molecule is CCC(CC)C(C)(N)NC(=O)NCN1CCOCC1.I. The third-order valence-electron chi connectivity index (χ3n) is 3.78. The molecule has 1 aliphatic rings. The zero-order chi connectivity index (χ0) is 14.3. The summed E-state index contributed by atoms with van der Waals surface area (Å²) < 4.78 is 5.26. The lowest BCUT2D eigenvalue weighted by atomic mass is 9.90. The van der Waals surface area contributed by atoms with Crippen molar-refractivity contribution in [3.63, 3.8) is 0 Å². The van der Waals surface area contributed by atoms with Crippen LogP contribution in [-0.4, -0.2) is 49.6 Å². The molecule has 6 nitrogen and oxygen atoms in total. The van der Waals surface area contributed by atoms with Gasteiger partial charge in [-0.05, 0) is 25.7 Å². The first kappa shape index (κ1) is 19.9. The van der Waals surface area contributed by atoms with Crippen LogP contribution < -0.4 is 16.4 Å². The highest BCUT2D eigenvalue weighted by Gasteiger charge is 2.29. The number of ether oxygens (including phenoxy) is 1. The number of morpholine rings is 1. The Morgan fingerprint density at radius 3 is 2.40 bits per heavy atom. The van der Waals surface area contributed by atoms with Gasteiger partial charge < -0.3 is 21.1 Å². The molecular formula is C13H29IN4O2. The molecular weight excluding hydrogens is 371 g/mol. The Hall–Kier alpha value is -0.120. The molecule has 1 unspecified atom stereocenters. The van der Waals surface area contributed by atoms with Gasteiger partial charge in [0, 0.05) is 13.1 Å². The number of carbonyl (C=O) groups is 1. The van der Waals surface area contributed by atoms with Gasteiger partial charge in [0.2, 0.25) is 0 Å². The van der Waals surface area contributed by atoms with Crippen LogP contribution >= 0.6 is 24.0 Å². The molecule has 0 aliphatic carbocycles. The summed E-state index contributed by atoms with van der Waals surface area (Å²) in [6, 6.07) is -0.205. The van der Waals surface area contributed by atoms with Crippen molar-refractivity contribution in [3.8, 4) is 0 Å². The minimum atomic E-state index is -0.668. The number of hydrogen-bond donors (Lipinski definition) is 3. The fourth-order valence-electron chi connectivity index (χ4n) is 2.47. The number of urea groups is 1. The summed E-state index contributed by atoms with van der Waals surface area (Å²) >= 11 is 0. The zero-order valence-corrected chi connectivity index (χ0v) is 15.1. The molecule has 4 N–H and O–H groups in total. The maximum Gasteiger partial charge on any atom is 0.317 e. The molecule has 1 rings (SSSR count). The summed E-state index contributed by atoms with van der Waals surface area (Å²) in [5, 5.41) is 5.72. The van der Waals surface area contributed by atoms with Crippen molar-refractivity contribution < 1.29 is 9.53 Å². The Balaban J connectivity index is 0.00000361. The van der Waals surface area contributed by atoms with Gasteiger partial charge in [-0.25, -0.2) is 4.79 Å². The molecule has 0 radical (unpaired) electrons. The summed E-state index contributed by atoms with van der Waals surface area (Å²) in [5.41, 5.74) is 5.52. The van der Waals surface area contributed by atoms with Crippen LogP contribution in [0.15, 0.2) is 0 Å². The second kappa shape index (κ2) is 9.75. The van der Waals surface area contributed by atoms with Gasteiger partial charge in [0.05, 0.1) is 25.5 Å². The molecule has 1 saturated heterocycles. The topological polar surface area (TPSA) is 79.6 Å². The lowest BCUT2D eigenvalue weighted by molar-refractivity contribution is 0.0353. The highest BCUT2D eigenvalue weighted by molar-refractivity contribution is 14.0. The third-order valence-corrected chi connectivity index (χ3v) is 3.78. The molecule has 7 heteroatoms. The third kappa shape index (κ3) is 6.55. The minimum Gasteiger partial charge on any atom is -0.379 e. The highest BCUT2D eigenvalue weighted by atomic mass is 127. The van der Waals surface area contributed by atoms with Gasteiger partial charge in [-0.1, -0.05) is 13.8 Å². The predicted molar refractivity (Wildman–Crippen MR) is 91.0 cm³/mol. The van der Waals surface area contributed by atoms with E-state index in [0.717, 1.165) is 39.1 Å². The van der Waals surface area contributed by atoms with E-state index in [1.165, 1.54) is 0 Å². The molecule has 0 spiro atoms. The van der Waals surface area contributed by atoms with Crippen molar-refractivity contribution in [3.05, 3.63) is 0 Å². The van der Waals surface area contributed by atoms with Crippen LogP contribution in [0.2, 0.25) is 0 Å². The number of rotatable bonds is 6. The average molecular weight is 400 g/mol. The second-order valence-electron chi connectivity index (χ2n) is 5.32. The molecule has 0 bridgehead atoms. The van der Waals surface area contributed by atoms with Crippen molar-refractivity contribution in [2.45, 2.75) is 39.3 Å². The lowest BCUT2D eigenvalue weighted by Crippen LogP contribution is -2.61. The van der Waals surface area contributed by atoms with E-state index in [4.69, 9.17) is 10.5 Å². The summed E-state index contributed by atoms with van der Waals surface area (Å²) in [4.78, 5) is 14.0. The van der Waals surface area contributed by atoms with Gasteiger partial charge in [0.25, 0.3) is 0 Å². The first-order valence-corrected chi connectivity index (χ1v) is 7.14. The first-order chi connectivity index (χ1) is 8.99. The molecule has 0 saturated carbocycles. The number of amides is 2. The standard InChI is InChI=1S/C13H28N4O2.HI/c1-4-11(5-2)13(3,14)16-12(18)15-10-17-6-8-19-9-7-17;/h11H,4-10,14H2,1-3H3,(H2,15,16,18);1H. The van der Waals surface area contributed by atoms with Crippen molar-refractivity contribution in [2.75, 3.05) is 33.0 Å². The molecule has 0 aromatic rings. The first-order valence-electron chi connectivity index (χ1n) is 7.14. The van der Waals surface area contributed by atoms with E-state index in [-0.39, 0.29) is 35.9 Å². The Morgan fingerprint density at radius 2 is 1.90 bits per heavy atom. The predicted octanol–water partition coefficient (Wildman–Crippen LogP) is 1.30. The number of nitrogens with two attached hydrogens (primary N) is 1. The molecule has 0 aromatic heterocycles. The second-order valence-corrected chi connectivity index (χ2v) is 5.32. The van der Waals surface area contributed by atoms with E-state index in [9.17, 15) is 4.79 Å². The number of nitrogens with one attached hydrogen (secondary N) is 2. The highest BCUT2D eigenvalue weighted by Crippen LogP contribution is 2.18. The van der Waals surface area contributed by atoms with E-state index >= 15 is 0 Å². The molecule has 1 aliphatic heterocycles. The molecule has 1 fully saturated rings. The Bertz CT molecular complexity index is 280. The van der Waals surface area contributed by atoms with Gasteiger partial charge in [0.15, 0.2) is 0 Å². The van der Waals surface area contributed by atoms with Gasteiger partial charge in [0.1, 0.15) is 0 Å². The number of nitrogens with zero attached hydrogens (tertiary/aromatic N) is 1. The van der Waals surface area contributed by atoms with Crippen LogP contribution in [0.3, 0.4) is 0 Å². The normalized spacial score (nSPS) is 19.1. The molecule has 0 aromatic carbocycles. The Kier molecular flexibility index (Phi) is 9.69. The smallest absolute Gasteiger partial charge is 0.317 e. The molecule has 20 heavy (non-hydrogen) atoms. The van der Waals surface area contributed by atoms with Gasteiger partial charge in [-0.3, -0.25) is 4.90 Å². The fourth-order valence-corrected chi connectivity index (χ4v) is 2.47. The molecule has 120 valence electrons. The lowest BCUT2D eigenvalue weighted by Gasteiger charge is -2.34. The summed E-state index contributed by atoms with van der Waals surface area (Å²) in [5.74, 6) is 0.279. The van der Waals surface area contributed by atoms with Crippen LogP contribution in [0.5, 0.6) is 0 Å². The van der Waals surface area contributed by atoms with E-state index in [2.05, 4.69) is 29.4 Å². The maximum absolute atomic E-state index is 11.9. The summed E-state index contributed by atoms with van der Waals surface area (Å²) in [6.45, 7) is 9.75. The van der Waals surface area contributed by atoms with Crippen LogP contribution in [0, 0.1) is 5.92 Å². The van der Waals surface area contributed by atoms with E-state index in [1.54, 1.807) is 0 Å². The minimum absolute atomic E-state index is 0. The largest absolute Gasteiger partial charge is 0.379 e. The zero-order valence-electron chi connectivity index (χ0n) is 12.8. The van der Waals surface area contributed by atoms with Crippen molar-refractivity contribution >= 4 is 30.0 Å². The van der Waals surface area contributed by atoms with E-state index < -0.39 is 5.66 Å². The maximum atomic E-state index is 11.9. The number of hydrogen-bond acceptors (Lipinski definition) is 4. The average Bonchev–Trinajstić information content (AvgIpc) is 2.38. The number of halogens is 1. The Labute approximate surface area is 139 Å².